The highest BCUT2D eigenvalue weighted by Crippen LogP contribution is 2.32. The van der Waals surface area contributed by atoms with Crippen molar-refractivity contribution in [2.24, 2.45) is 0 Å². The van der Waals surface area contributed by atoms with Crippen molar-refractivity contribution in [1.82, 2.24) is 0 Å². The Kier molecular flexibility index (Phi) is 3.10. The molecule has 82 valence electrons. The lowest BCUT2D eigenvalue weighted by atomic mass is 10.1. The fourth-order valence-corrected chi connectivity index (χ4v) is 2.07. The van der Waals surface area contributed by atoms with Gasteiger partial charge >= 0.3 is 5.97 Å². The third-order valence-electron chi connectivity index (χ3n) is 2.18. The van der Waals surface area contributed by atoms with E-state index in [1.807, 2.05) is 30.3 Å². The topological polar surface area (TPSA) is 46.5 Å². The van der Waals surface area contributed by atoms with Gasteiger partial charge in [-0.15, -0.1) is 0 Å². The maximum absolute atomic E-state index is 10.4. The molecular weight excluding hydrogens is 272 g/mol. The van der Waals surface area contributed by atoms with Crippen LogP contribution in [0, 0.1) is 0 Å². The highest BCUT2D eigenvalue weighted by Gasteiger charge is 2.07. The molecule has 3 nitrogen and oxygen atoms in total. The Bertz CT molecular complexity index is 537. The number of carboxylic acids is 1. The number of fused-ring (bicyclic) bond motifs is 1. The minimum Gasteiger partial charge on any atom is -0.481 e. The Morgan fingerprint density at radius 2 is 2.00 bits per heavy atom. The molecule has 2 aromatic rings. The largest absolute Gasteiger partial charge is 0.481 e. The van der Waals surface area contributed by atoms with Crippen molar-refractivity contribution < 1.29 is 14.6 Å². The van der Waals surface area contributed by atoms with Crippen LogP contribution in [0.4, 0.5) is 0 Å². The van der Waals surface area contributed by atoms with Crippen molar-refractivity contribution in [1.29, 1.82) is 0 Å². The third kappa shape index (κ3) is 2.17. The van der Waals surface area contributed by atoms with Gasteiger partial charge in [0.1, 0.15) is 5.75 Å². The summed E-state index contributed by atoms with van der Waals surface area (Å²) < 4.78 is 5.94. The molecule has 0 aliphatic carbocycles. The van der Waals surface area contributed by atoms with E-state index < -0.39 is 5.97 Å². The fourth-order valence-electron chi connectivity index (χ4n) is 1.46. The number of carboxylic acid groups (broad SMARTS) is 1. The highest BCUT2D eigenvalue weighted by molar-refractivity contribution is 9.10. The monoisotopic (exact) mass is 280 g/mol. The molecule has 0 aliphatic rings. The van der Waals surface area contributed by atoms with Crippen LogP contribution in [0.2, 0.25) is 0 Å². The summed E-state index contributed by atoms with van der Waals surface area (Å²) in [6, 6.07) is 11.5. The Labute approximate surface area is 101 Å². The van der Waals surface area contributed by atoms with Crippen LogP contribution in [-0.2, 0) is 4.79 Å². The molecule has 16 heavy (non-hydrogen) atoms. The quantitative estimate of drug-likeness (QED) is 0.940. The first-order chi connectivity index (χ1) is 7.68. The maximum Gasteiger partial charge on any atom is 0.341 e. The van der Waals surface area contributed by atoms with E-state index in [1.165, 1.54) is 0 Å². The highest BCUT2D eigenvalue weighted by atomic mass is 79.9. The van der Waals surface area contributed by atoms with Crippen LogP contribution in [0.25, 0.3) is 10.8 Å². The molecule has 0 aliphatic heterocycles. The molecule has 0 spiro atoms. The van der Waals surface area contributed by atoms with Crippen LogP contribution in [0.3, 0.4) is 0 Å². The molecule has 0 saturated heterocycles. The maximum atomic E-state index is 10.4. The Morgan fingerprint density at radius 3 is 2.75 bits per heavy atom. The van der Waals surface area contributed by atoms with E-state index in [0.29, 0.717) is 5.75 Å². The molecular formula is C12H9BrO3. The van der Waals surface area contributed by atoms with Crippen molar-refractivity contribution in [3.05, 3.63) is 40.9 Å². The molecule has 0 unspecified atom stereocenters. The van der Waals surface area contributed by atoms with Crippen LogP contribution < -0.4 is 4.74 Å². The normalized spacial score (nSPS) is 10.3. The van der Waals surface area contributed by atoms with Crippen molar-refractivity contribution in [3.8, 4) is 5.75 Å². The zero-order valence-corrected chi connectivity index (χ0v) is 9.90. The average Bonchev–Trinajstić information content (AvgIpc) is 2.28. The van der Waals surface area contributed by atoms with Gasteiger partial charge in [-0.25, -0.2) is 4.79 Å². The van der Waals surface area contributed by atoms with Gasteiger partial charge in [0.25, 0.3) is 0 Å². The molecule has 2 aromatic carbocycles. The van der Waals surface area contributed by atoms with E-state index in [4.69, 9.17) is 9.84 Å². The number of aliphatic carboxylic acids is 1. The number of hydrogen-bond acceptors (Lipinski definition) is 2. The summed E-state index contributed by atoms with van der Waals surface area (Å²) >= 11 is 3.41. The van der Waals surface area contributed by atoms with Gasteiger partial charge in [-0.2, -0.15) is 0 Å². The Hall–Kier alpha value is -1.55. The summed E-state index contributed by atoms with van der Waals surface area (Å²) in [6.45, 7) is -0.336. The smallest absolute Gasteiger partial charge is 0.341 e. The first-order valence-electron chi connectivity index (χ1n) is 4.70. The van der Waals surface area contributed by atoms with Gasteiger partial charge in [0.05, 0.1) is 4.47 Å². The van der Waals surface area contributed by atoms with E-state index in [-0.39, 0.29) is 6.61 Å². The van der Waals surface area contributed by atoms with E-state index in [9.17, 15) is 4.79 Å². The van der Waals surface area contributed by atoms with Crippen LogP contribution in [0.1, 0.15) is 0 Å². The third-order valence-corrected chi connectivity index (χ3v) is 3.00. The lowest BCUT2D eigenvalue weighted by molar-refractivity contribution is -0.139. The molecule has 2 rings (SSSR count). The second-order valence-corrected chi connectivity index (χ2v) is 4.07. The van der Waals surface area contributed by atoms with Crippen LogP contribution in [-0.4, -0.2) is 17.7 Å². The van der Waals surface area contributed by atoms with Crippen LogP contribution in [0.15, 0.2) is 40.9 Å². The zero-order chi connectivity index (χ0) is 11.5. The Balaban J connectivity index is 2.40. The van der Waals surface area contributed by atoms with E-state index in [1.54, 1.807) is 6.07 Å². The van der Waals surface area contributed by atoms with Gasteiger partial charge in [-0.3, -0.25) is 0 Å². The molecule has 0 radical (unpaired) electrons. The number of rotatable bonds is 3. The van der Waals surface area contributed by atoms with Gasteiger partial charge in [-0.1, -0.05) is 30.3 Å². The number of ether oxygens (including phenoxy) is 1. The SMILES string of the molecule is O=C(O)COc1ccc2ccccc2c1Br. The summed E-state index contributed by atoms with van der Waals surface area (Å²) in [5.41, 5.74) is 0. The summed E-state index contributed by atoms with van der Waals surface area (Å²) in [4.78, 5) is 10.4. The first kappa shape index (κ1) is 11.0. The molecule has 0 aromatic heterocycles. The molecule has 0 bridgehead atoms. The zero-order valence-electron chi connectivity index (χ0n) is 8.31. The lowest BCUT2D eigenvalue weighted by Gasteiger charge is -2.08. The predicted octanol–water partition coefficient (Wildman–Crippen LogP) is 3.07. The summed E-state index contributed by atoms with van der Waals surface area (Å²) in [7, 11) is 0. The molecule has 0 amide bonds. The second kappa shape index (κ2) is 4.53. The number of hydrogen-bond donors (Lipinski definition) is 1. The number of halogens is 1. The van der Waals surface area contributed by atoms with Gasteiger partial charge in [0.2, 0.25) is 0 Å². The van der Waals surface area contributed by atoms with Gasteiger partial charge in [-0.05, 0) is 32.8 Å². The minimum atomic E-state index is -0.986. The molecule has 0 saturated carbocycles. The van der Waals surface area contributed by atoms with E-state index in [2.05, 4.69) is 15.9 Å². The number of benzene rings is 2. The minimum absolute atomic E-state index is 0.336. The van der Waals surface area contributed by atoms with Gasteiger partial charge < -0.3 is 9.84 Å². The molecule has 0 atom stereocenters. The van der Waals surface area contributed by atoms with Crippen molar-refractivity contribution in [2.45, 2.75) is 0 Å². The average molecular weight is 281 g/mol. The number of carbonyl (C=O) groups is 1. The Morgan fingerprint density at radius 1 is 1.25 bits per heavy atom. The van der Waals surface area contributed by atoms with Crippen molar-refractivity contribution >= 4 is 32.7 Å². The molecule has 0 fully saturated rings. The molecule has 0 heterocycles. The summed E-state index contributed by atoms with van der Waals surface area (Å²) in [5.74, 6) is -0.443. The predicted molar refractivity (Wildman–Crippen MR) is 64.8 cm³/mol. The van der Waals surface area contributed by atoms with Gasteiger partial charge in [0, 0.05) is 0 Å². The van der Waals surface area contributed by atoms with E-state index in [0.717, 1.165) is 15.2 Å². The van der Waals surface area contributed by atoms with Crippen LogP contribution in [0.5, 0.6) is 5.75 Å². The summed E-state index contributed by atoms with van der Waals surface area (Å²) in [5, 5.41) is 10.6. The van der Waals surface area contributed by atoms with Crippen molar-refractivity contribution in [3.63, 3.8) is 0 Å². The molecule has 1 N–H and O–H groups in total. The lowest BCUT2D eigenvalue weighted by Crippen LogP contribution is -2.09. The standard InChI is InChI=1S/C12H9BrO3/c13-12-9-4-2-1-3-8(9)5-6-10(12)16-7-11(14)15/h1-6H,7H2,(H,14,15). The van der Waals surface area contributed by atoms with E-state index >= 15 is 0 Å². The summed E-state index contributed by atoms with van der Waals surface area (Å²) in [6.07, 6.45) is 0. The van der Waals surface area contributed by atoms with Crippen LogP contribution >= 0.6 is 15.9 Å². The van der Waals surface area contributed by atoms with Crippen molar-refractivity contribution in [2.75, 3.05) is 6.61 Å². The first-order valence-corrected chi connectivity index (χ1v) is 5.49. The fraction of sp³-hybridized carbons (Fsp3) is 0.0833. The second-order valence-electron chi connectivity index (χ2n) is 3.28. The van der Waals surface area contributed by atoms with Gasteiger partial charge in [0.15, 0.2) is 6.61 Å². The molecule has 4 heteroatoms.